The summed E-state index contributed by atoms with van der Waals surface area (Å²) in [7, 11) is 1.57. The summed E-state index contributed by atoms with van der Waals surface area (Å²) >= 11 is 0. The zero-order valence-electron chi connectivity index (χ0n) is 12.6. The summed E-state index contributed by atoms with van der Waals surface area (Å²) < 4.78 is 5.04. The Morgan fingerprint density at radius 2 is 1.82 bits per heavy atom. The number of carbonyl (C=O) groups excluding carboxylic acids is 2. The van der Waals surface area contributed by atoms with Crippen LogP contribution in [0.5, 0.6) is 5.75 Å². The number of anilines is 1. The van der Waals surface area contributed by atoms with E-state index < -0.39 is 0 Å². The molecule has 0 aliphatic rings. The van der Waals surface area contributed by atoms with Gasteiger partial charge in [-0.2, -0.15) is 0 Å². The third-order valence-electron chi connectivity index (χ3n) is 3.15. The molecule has 0 spiro atoms. The Morgan fingerprint density at radius 3 is 2.45 bits per heavy atom. The summed E-state index contributed by atoms with van der Waals surface area (Å²) in [6.07, 6.45) is 0.282. The van der Waals surface area contributed by atoms with E-state index in [2.05, 4.69) is 10.3 Å². The van der Waals surface area contributed by atoms with Gasteiger partial charge in [-0.05, 0) is 43.3 Å². The second kappa shape index (κ2) is 7.36. The van der Waals surface area contributed by atoms with Gasteiger partial charge in [0.25, 0.3) is 0 Å². The van der Waals surface area contributed by atoms with Crippen molar-refractivity contribution in [3.63, 3.8) is 0 Å². The number of rotatable bonds is 6. The predicted molar refractivity (Wildman–Crippen MR) is 84.2 cm³/mol. The Balaban J connectivity index is 1.86. The Hall–Kier alpha value is -2.69. The first-order valence-electron chi connectivity index (χ1n) is 6.99. The van der Waals surface area contributed by atoms with Crippen LogP contribution in [0.3, 0.4) is 0 Å². The minimum Gasteiger partial charge on any atom is -0.497 e. The SMILES string of the molecule is COc1ccc(C(=O)CCC(=O)Nc2cccc(C)n2)cc1. The van der Waals surface area contributed by atoms with E-state index in [9.17, 15) is 9.59 Å². The smallest absolute Gasteiger partial charge is 0.225 e. The van der Waals surface area contributed by atoms with E-state index in [4.69, 9.17) is 4.74 Å². The number of Topliss-reactive ketones (excluding diaryl/α,β-unsaturated/α-hetero) is 1. The fourth-order valence-electron chi connectivity index (χ4n) is 1.97. The third kappa shape index (κ3) is 4.41. The average molecular weight is 298 g/mol. The van der Waals surface area contributed by atoms with Crippen molar-refractivity contribution in [3.05, 3.63) is 53.7 Å². The van der Waals surface area contributed by atoms with E-state index in [1.807, 2.05) is 19.1 Å². The highest BCUT2D eigenvalue weighted by Crippen LogP contribution is 2.13. The van der Waals surface area contributed by atoms with Gasteiger partial charge in [-0.15, -0.1) is 0 Å². The topological polar surface area (TPSA) is 68.3 Å². The second-order valence-electron chi connectivity index (χ2n) is 4.86. The minimum absolute atomic E-state index is 0.0741. The number of aryl methyl sites for hydroxylation is 1. The van der Waals surface area contributed by atoms with Crippen molar-refractivity contribution in [2.24, 2.45) is 0 Å². The molecule has 1 N–H and O–H groups in total. The molecule has 0 aliphatic carbocycles. The lowest BCUT2D eigenvalue weighted by Crippen LogP contribution is -2.14. The van der Waals surface area contributed by atoms with Crippen molar-refractivity contribution in [3.8, 4) is 5.75 Å². The van der Waals surface area contributed by atoms with Crippen LogP contribution >= 0.6 is 0 Å². The molecule has 0 fully saturated rings. The molecular weight excluding hydrogens is 280 g/mol. The predicted octanol–water partition coefficient (Wildman–Crippen LogP) is 3.00. The summed E-state index contributed by atoms with van der Waals surface area (Å²) in [4.78, 5) is 28.0. The molecule has 1 amide bonds. The zero-order chi connectivity index (χ0) is 15.9. The lowest BCUT2D eigenvalue weighted by molar-refractivity contribution is -0.116. The Morgan fingerprint density at radius 1 is 1.09 bits per heavy atom. The number of amides is 1. The molecule has 0 saturated carbocycles. The van der Waals surface area contributed by atoms with Crippen LogP contribution in [0.2, 0.25) is 0 Å². The maximum atomic E-state index is 12.0. The van der Waals surface area contributed by atoms with Crippen LogP contribution in [-0.4, -0.2) is 23.8 Å². The molecule has 0 unspecified atom stereocenters. The molecule has 1 aromatic carbocycles. The van der Waals surface area contributed by atoms with E-state index in [1.165, 1.54) is 0 Å². The van der Waals surface area contributed by atoms with Gasteiger partial charge in [0.15, 0.2) is 5.78 Å². The molecule has 2 aromatic rings. The van der Waals surface area contributed by atoms with Crippen molar-refractivity contribution < 1.29 is 14.3 Å². The number of hydrogen-bond acceptors (Lipinski definition) is 4. The maximum Gasteiger partial charge on any atom is 0.225 e. The Kier molecular flexibility index (Phi) is 5.25. The van der Waals surface area contributed by atoms with Crippen LogP contribution in [0.1, 0.15) is 28.9 Å². The summed E-state index contributed by atoms with van der Waals surface area (Å²) in [5.74, 6) is 0.900. The number of nitrogens with one attached hydrogen (secondary N) is 1. The largest absolute Gasteiger partial charge is 0.497 e. The monoisotopic (exact) mass is 298 g/mol. The van der Waals surface area contributed by atoms with Crippen LogP contribution in [0.25, 0.3) is 0 Å². The molecule has 1 heterocycles. The van der Waals surface area contributed by atoms with Crippen LogP contribution < -0.4 is 10.1 Å². The highest BCUT2D eigenvalue weighted by Gasteiger charge is 2.10. The van der Waals surface area contributed by atoms with E-state index in [0.717, 1.165) is 5.69 Å². The van der Waals surface area contributed by atoms with E-state index >= 15 is 0 Å². The Bertz CT molecular complexity index is 666. The van der Waals surface area contributed by atoms with Gasteiger partial charge in [-0.1, -0.05) is 6.07 Å². The van der Waals surface area contributed by atoms with Crippen LogP contribution in [0, 0.1) is 6.92 Å². The quantitative estimate of drug-likeness (QED) is 0.832. The van der Waals surface area contributed by atoms with Gasteiger partial charge in [0.2, 0.25) is 5.91 Å². The van der Waals surface area contributed by atoms with Crippen LogP contribution in [-0.2, 0) is 4.79 Å². The normalized spacial score (nSPS) is 10.1. The van der Waals surface area contributed by atoms with Crippen molar-refractivity contribution in [2.45, 2.75) is 19.8 Å². The number of methoxy groups -OCH3 is 1. The Labute approximate surface area is 129 Å². The fourth-order valence-corrected chi connectivity index (χ4v) is 1.97. The molecule has 2 rings (SSSR count). The second-order valence-corrected chi connectivity index (χ2v) is 4.86. The number of ketones is 1. The average Bonchev–Trinajstić information content (AvgIpc) is 2.52. The lowest BCUT2D eigenvalue weighted by Gasteiger charge is -2.05. The van der Waals surface area contributed by atoms with Crippen LogP contribution in [0.4, 0.5) is 5.82 Å². The highest BCUT2D eigenvalue weighted by molar-refractivity contribution is 5.99. The first-order valence-corrected chi connectivity index (χ1v) is 6.99. The van der Waals surface area contributed by atoms with E-state index in [0.29, 0.717) is 17.1 Å². The minimum atomic E-state index is -0.222. The van der Waals surface area contributed by atoms with E-state index in [-0.39, 0.29) is 24.5 Å². The molecule has 114 valence electrons. The summed E-state index contributed by atoms with van der Waals surface area (Å²) in [6, 6.07) is 12.2. The molecule has 0 bridgehead atoms. The standard InChI is InChI=1S/C17H18N2O3/c1-12-4-3-5-16(18-12)19-17(21)11-10-15(20)13-6-8-14(22-2)9-7-13/h3-9H,10-11H2,1-2H3,(H,18,19,21). The van der Waals surface area contributed by atoms with Crippen molar-refractivity contribution >= 4 is 17.5 Å². The van der Waals surface area contributed by atoms with E-state index in [1.54, 1.807) is 37.4 Å². The van der Waals surface area contributed by atoms with Gasteiger partial charge in [0.05, 0.1) is 7.11 Å². The molecule has 1 aromatic heterocycles. The molecule has 0 atom stereocenters. The number of pyridine rings is 1. The number of ether oxygens (including phenoxy) is 1. The van der Waals surface area contributed by atoms with Gasteiger partial charge in [0, 0.05) is 24.1 Å². The van der Waals surface area contributed by atoms with Crippen LogP contribution in [0.15, 0.2) is 42.5 Å². The molecule has 5 heteroatoms. The first kappa shape index (κ1) is 15.7. The lowest BCUT2D eigenvalue weighted by atomic mass is 10.1. The number of aromatic nitrogens is 1. The van der Waals surface area contributed by atoms with Crippen molar-refractivity contribution in [1.29, 1.82) is 0 Å². The molecule has 0 radical (unpaired) electrons. The maximum absolute atomic E-state index is 12.0. The molecular formula is C17H18N2O3. The first-order chi connectivity index (χ1) is 10.6. The number of nitrogens with zero attached hydrogens (tertiary/aromatic N) is 1. The van der Waals surface area contributed by atoms with Crippen molar-refractivity contribution in [1.82, 2.24) is 4.98 Å². The van der Waals surface area contributed by atoms with Gasteiger partial charge in [-0.3, -0.25) is 9.59 Å². The molecule has 0 aliphatic heterocycles. The molecule has 22 heavy (non-hydrogen) atoms. The summed E-state index contributed by atoms with van der Waals surface area (Å²) in [5, 5.41) is 2.69. The third-order valence-corrected chi connectivity index (χ3v) is 3.15. The molecule has 5 nitrogen and oxygen atoms in total. The highest BCUT2D eigenvalue weighted by atomic mass is 16.5. The van der Waals surface area contributed by atoms with Gasteiger partial charge >= 0.3 is 0 Å². The molecule has 0 saturated heterocycles. The fraction of sp³-hybridized carbons (Fsp3) is 0.235. The van der Waals surface area contributed by atoms with Gasteiger partial charge in [-0.25, -0.2) is 4.98 Å². The summed E-state index contributed by atoms with van der Waals surface area (Å²) in [5.41, 5.74) is 1.40. The zero-order valence-corrected chi connectivity index (χ0v) is 12.6. The van der Waals surface area contributed by atoms with Gasteiger partial charge in [0.1, 0.15) is 11.6 Å². The van der Waals surface area contributed by atoms with Gasteiger partial charge < -0.3 is 10.1 Å². The number of hydrogen-bond donors (Lipinski definition) is 1. The number of benzene rings is 1. The summed E-state index contributed by atoms with van der Waals surface area (Å²) in [6.45, 7) is 1.85. The number of carbonyl (C=O) groups is 2. The van der Waals surface area contributed by atoms with Crippen molar-refractivity contribution in [2.75, 3.05) is 12.4 Å².